The van der Waals surface area contributed by atoms with Crippen LogP contribution in [-0.2, 0) is 14.3 Å². The molecule has 1 unspecified atom stereocenters. The van der Waals surface area contributed by atoms with Crippen LogP contribution < -0.4 is 11.1 Å². The van der Waals surface area contributed by atoms with E-state index in [1.54, 1.807) is 12.1 Å². The van der Waals surface area contributed by atoms with Crippen molar-refractivity contribution in [2.75, 3.05) is 30.9 Å². The number of anilines is 2. The summed E-state index contributed by atoms with van der Waals surface area (Å²) in [6.07, 6.45) is 0.321. The van der Waals surface area contributed by atoms with Crippen LogP contribution in [0.25, 0.3) is 0 Å². The summed E-state index contributed by atoms with van der Waals surface area (Å²) in [4.78, 5) is 11.8. The van der Waals surface area contributed by atoms with Crippen molar-refractivity contribution in [3.8, 4) is 0 Å². The van der Waals surface area contributed by atoms with E-state index in [1.807, 2.05) is 26.8 Å². The molecule has 0 fully saturated rings. The summed E-state index contributed by atoms with van der Waals surface area (Å²) in [7, 11) is 0. The lowest BCUT2D eigenvalue weighted by Crippen LogP contribution is -2.20. The van der Waals surface area contributed by atoms with Crippen molar-refractivity contribution in [3.05, 3.63) is 23.8 Å². The van der Waals surface area contributed by atoms with Crippen molar-refractivity contribution in [2.24, 2.45) is 0 Å². The monoisotopic (exact) mass is 280 g/mol. The number of amides is 1. The predicted molar refractivity (Wildman–Crippen MR) is 80.7 cm³/mol. The highest BCUT2D eigenvalue weighted by molar-refractivity contribution is 5.91. The summed E-state index contributed by atoms with van der Waals surface area (Å²) in [6.45, 7) is 7.38. The fourth-order valence-electron chi connectivity index (χ4n) is 1.72. The van der Waals surface area contributed by atoms with E-state index in [9.17, 15) is 4.79 Å². The van der Waals surface area contributed by atoms with Crippen molar-refractivity contribution >= 4 is 17.3 Å². The van der Waals surface area contributed by atoms with E-state index in [0.29, 0.717) is 31.9 Å². The third-order valence-corrected chi connectivity index (χ3v) is 2.81. The molecule has 1 aromatic rings. The van der Waals surface area contributed by atoms with Crippen LogP contribution in [0.5, 0.6) is 0 Å². The molecular weight excluding hydrogens is 256 g/mol. The summed E-state index contributed by atoms with van der Waals surface area (Å²) in [5.41, 5.74) is 8.09. The van der Waals surface area contributed by atoms with Crippen LogP contribution in [-0.4, -0.2) is 31.8 Å². The second-order valence-electron chi connectivity index (χ2n) is 4.71. The van der Waals surface area contributed by atoms with E-state index in [2.05, 4.69) is 5.32 Å². The second-order valence-corrected chi connectivity index (χ2v) is 4.71. The zero-order valence-corrected chi connectivity index (χ0v) is 12.4. The Morgan fingerprint density at radius 3 is 2.85 bits per heavy atom. The first kappa shape index (κ1) is 16.5. The van der Waals surface area contributed by atoms with Gasteiger partial charge in [-0.15, -0.1) is 0 Å². The van der Waals surface area contributed by atoms with Crippen LogP contribution in [0.3, 0.4) is 0 Å². The maximum absolute atomic E-state index is 11.8. The zero-order chi connectivity index (χ0) is 15.0. The quantitative estimate of drug-likeness (QED) is 0.717. The maximum atomic E-state index is 11.8. The molecule has 0 spiro atoms. The van der Waals surface area contributed by atoms with Gasteiger partial charge in [-0.05, 0) is 44.5 Å². The number of nitrogen functional groups attached to an aromatic ring is 1. The van der Waals surface area contributed by atoms with Gasteiger partial charge in [0.1, 0.15) is 0 Å². The Kier molecular flexibility index (Phi) is 7.04. The van der Waals surface area contributed by atoms with E-state index in [0.717, 1.165) is 11.3 Å². The Morgan fingerprint density at radius 2 is 2.20 bits per heavy atom. The molecule has 1 atom stereocenters. The largest absolute Gasteiger partial charge is 0.399 e. The lowest BCUT2D eigenvalue weighted by molar-refractivity contribution is -0.118. The number of hydrogen-bond donors (Lipinski definition) is 2. The van der Waals surface area contributed by atoms with E-state index in [4.69, 9.17) is 15.2 Å². The van der Waals surface area contributed by atoms with Gasteiger partial charge in [0.15, 0.2) is 0 Å². The highest BCUT2D eigenvalue weighted by atomic mass is 16.5. The topological polar surface area (TPSA) is 73.6 Å². The minimum Gasteiger partial charge on any atom is -0.399 e. The SMILES string of the molecule is CCOCC(C)OCCC(=O)Nc1ccc(N)cc1C. The maximum Gasteiger partial charge on any atom is 0.226 e. The standard InChI is InChI=1S/C15H24N2O3/c1-4-19-10-12(3)20-8-7-15(18)17-14-6-5-13(16)9-11(14)2/h5-6,9,12H,4,7-8,10,16H2,1-3H3,(H,17,18). The van der Waals surface area contributed by atoms with Gasteiger partial charge in [-0.25, -0.2) is 0 Å². The second kappa shape index (κ2) is 8.55. The molecule has 5 nitrogen and oxygen atoms in total. The smallest absolute Gasteiger partial charge is 0.226 e. The molecule has 0 heterocycles. The molecule has 1 aromatic carbocycles. The predicted octanol–water partition coefficient (Wildman–Crippen LogP) is 2.35. The lowest BCUT2D eigenvalue weighted by Gasteiger charge is -2.13. The summed E-state index contributed by atoms with van der Waals surface area (Å²) < 4.78 is 10.7. The Morgan fingerprint density at radius 1 is 1.45 bits per heavy atom. The number of rotatable bonds is 8. The number of ether oxygens (including phenoxy) is 2. The van der Waals surface area contributed by atoms with Crippen LogP contribution in [0.4, 0.5) is 11.4 Å². The molecule has 20 heavy (non-hydrogen) atoms. The van der Waals surface area contributed by atoms with Crippen LogP contribution in [0.2, 0.25) is 0 Å². The zero-order valence-electron chi connectivity index (χ0n) is 12.4. The number of benzene rings is 1. The van der Waals surface area contributed by atoms with Crippen molar-refractivity contribution < 1.29 is 14.3 Å². The molecule has 0 aliphatic heterocycles. The van der Waals surface area contributed by atoms with Gasteiger partial charge in [0.05, 0.1) is 25.7 Å². The molecule has 0 bridgehead atoms. The van der Waals surface area contributed by atoms with E-state index in [1.165, 1.54) is 0 Å². The average Bonchev–Trinajstić information content (AvgIpc) is 2.39. The van der Waals surface area contributed by atoms with Crippen molar-refractivity contribution in [3.63, 3.8) is 0 Å². The minimum atomic E-state index is -0.0681. The number of nitrogens with one attached hydrogen (secondary N) is 1. The molecule has 5 heteroatoms. The van der Waals surface area contributed by atoms with Crippen LogP contribution in [0.1, 0.15) is 25.8 Å². The van der Waals surface area contributed by atoms with Gasteiger partial charge in [0.25, 0.3) is 0 Å². The first-order chi connectivity index (χ1) is 9.52. The Bertz CT molecular complexity index is 435. The molecule has 0 aliphatic carbocycles. The van der Waals surface area contributed by atoms with Crippen LogP contribution in [0.15, 0.2) is 18.2 Å². The molecule has 0 radical (unpaired) electrons. The summed E-state index contributed by atoms with van der Waals surface area (Å²) in [6, 6.07) is 5.40. The minimum absolute atomic E-state index is 0.000935. The number of aryl methyl sites for hydroxylation is 1. The Labute approximate surface area is 120 Å². The molecule has 0 saturated heterocycles. The molecule has 112 valence electrons. The van der Waals surface area contributed by atoms with E-state index in [-0.39, 0.29) is 12.0 Å². The molecular formula is C15H24N2O3. The van der Waals surface area contributed by atoms with Crippen LogP contribution >= 0.6 is 0 Å². The molecule has 1 amide bonds. The normalized spacial score (nSPS) is 12.2. The molecule has 1 rings (SSSR count). The molecule has 3 N–H and O–H groups in total. The third-order valence-electron chi connectivity index (χ3n) is 2.81. The fourth-order valence-corrected chi connectivity index (χ4v) is 1.72. The fraction of sp³-hybridized carbons (Fsp3) is 0.533. The summed E-state index contributed by atoms with van der Waals surface area (Å²) in [5.74, 6) is -0.0681. The van der Waals surface area contributed by atoms with Gasteiger partial charge >= 0.3 is 0 Å². The van der Waals surface area contributed by atoms with Gasteiger partial charge in [-0.1, -0.05) is 0 Å². The summed E-state index contributed by atoms with van der Waals surface area (Å²) in [5, 5.41) is 2.85. The van der Waals surface area contributed by atoms with Crippen molar-refractivity contribution in [2.45, 2.75) is 33.3 Å². The van der Waals surface area contributed by atoms with Crippen LogP contribution in [0, 0.1) is 6.92 Å². The molecule has 0 saturated carbocycles. The summed E-state index contributed by atoms with van der Waals surface area (Å²) >= 11 is 0. The highest BCUT2D eigenvalue weighted by Crippen LogP contribution is 2.17. The lowest BCUT2D eigenvalue weighted by atomic mass is 10.2. The van der Waals surface area contributed by atoms with Gasteiger partial charge < -0.3 is 20.5 Å². The average molecular weight is 280 g/mol. The highest BCUT2D eigenvalue weighted by Gasteiger charge is 2.07. The van der Waals surface area contributed by atoms with Crippen molar-refractivity contribution in [1.29, 1.82) is 0 Å². The first-order valence-corrected chi connectivity index (χ1v) is 6.88. The van der Waals surface area contributed by atoms with Gasteiger partial charge in [-0.3, -0.25) is 4.79 Å². The Balaban J connectivity index is 2.30. The van der Waals surface area contributed by atoms with Crippen molar-refractivity contribution in [1.82, 2.24) is 0 Å². The Hall–Kier alpha value is -1.59. The van der Waals surface area contributed by atoms with Gasteiger partial charge in [-0.2, -0.15) is 0 Å². The number of carbonyl (C=O) groups is 1. The number of carbonyl (C=O) groups excluding carboxylic acids is 1. The number of nitrogens with two attached hydrogens (primary N) is 1. The van der Waals surface area contributed by atoms with Gasteiger partial charge in [0, 0.05) is 18.0 Å². The third kappa shape index (κ3) is 6.04. The van der Waals surface area contributed by atoms with E-state index < -0.39 is 0 Å². The number of hydrogen-bond acceptors (Lipinski definition) is 4. The molecule has 0 aliphatic rings. The first-order valence-electron chi connectivity index (χ1n) is 6.88. The van der Waals surface area contributed by atoms with E-state index >= 15 is 0 Å². The molecule has 0 aromatic heterocycles. The van der Waals surface area contributed by atoms with Gasteiger partial charge in [0.2, 0.25) is 5.91 Å².